The summed E-state index contributed by atoms with van der Waals surface area (Å²) in [5, 5.41) is 13.0. The van der Waals surface area contributed by atoms with Gasteiger partial charge in [-0.2, -0.15) is 0 Å². The van der Waals surface area contributed by atoms with Crippen LogP contribution in [0, 0.1) is 0 Å². The first-order valence-corrected chi connectivity index (χ1v) is 6.30. The average Bonchev–Trinajstić information content (AvgIpc) is 3.06. The van der Waals surface area contributed by atoms with Gasteiger partial charge in [0.25, 0.3) is 0 Å². The van der Waals surface area contributed by atoms with Gasteiger partial charge >= 0.3 is 5.97 Å². The van der Waals surface area contributed by atoms with E-state index in [4.69, 9.17) is 9.63 Å². The van der Waals surface area contributed by atoms with Gasteiger partial charge in [0.15, 0.2) is 0 Å². The number of benzene rings is 1. The number of aromatic nitrogens is 3. The molecule has 0 saturated heterocycles. The van der Waals surface area contributed by atoms with E-state index in [1.54, 1.807) is 24.3 Å². The average molecular weight is 271 g/mol. The SMILES string of the molecule is CCc1nc2ccc(C(=O)O)cc2n1Cc1ccon1. The standard InChI is InChI=1S/C14H13N3O3/c1-2-13-15-11-4-3-9(14(18)19)7-12(11)17(13)8-10-5-6-20-16-10/h3-7H,2,8H2,1H3,(H,18,19). The van der Waals surface area contributed by atoms with E-state index in [1.807, 2.05) is 11.5 Å². The van der Waals surface area contributed by atoms with Crippen molar-refractivity contribution in [3.05, 3.63) is 47.6 Å². The summed E-state index contributed by atoms with van der Waals surface area (Å²) in [5.41, 5.74) is 2.61. The Morgan fingerprint density at radius 1 is 1.40 bits per heavy atom. The Morgan fingerprint density at radius 3 is 2.90 bits per heavy atom. The van der Waals surface area contributed by atoms with E-state index in [0.29, 0.717) is 6.54 Å². The Bertz CT molecular complexity index is 759. The second-order valence-corrected chi connectivity index (χ2v) is 4.47. The molecule has 1 N–H and O–H groups in total. The van der Waals surface area contributed by atoms with Gasteiger partial charge in [-0.25, -0.2) is 9.78 Å². The molecule has 0 radical (unpaired) electrons. The Hall–Kier alpha value is -2.63. The van der Waals surface area contributed by atoms with E-state index in [-0.39, 0.29) is 5.56 Å². The molecule has 6 heteroatoms. The summed E-state index contributed by atoms with van der Waals surface area (Å²) in [5.74, 6) is -0.0512. The Labute approximate surface area is 114 Å². The van der Waals surface area contributed by atoms with Crippen LogP contribution in [0.25, 0.3) is 11.0 Å². The van der Waals surface area contributed by atoms with Crippen molar-refractivity contribution in [2.24, 2.45) is 0 Å². The normalized spacial score (nSPS) is 11.1. The Balaban J connectivity index is 2.15. The fourth-order valence-electron chi connectivity index (χ4n) is 2.23. The van der Waals surface area contributed by atoms with Gasteiger partial charge in [-0.05, 0) is 18.2 Å². The largest absolute Gasteiger partial charge is 0.478 e. The van der Waals surface area contributed by atoms with Gasteiger partial charge < -0.3 is 14.2 Å². The van der Waals surface area contributed by atoms with Crippen LogP contribution in [0.15, 0.2) is 35.1 Å². The molecule has 3 rings (SSSR count). The highest BCUT2D eigenvalue weighted by Gasteiger charge is 2.13. The summed E-state index contributed by atoms with van der Waals surface area (Å²) in [6.07, 6.45) is 2.28. The molecule has 102 valence electrons. The van der Waals surface area contributed by atoms with Gasteiger partial charge in [-0.1, -0.05) is 12.1 Å². The first-order chi connectivity index (χ1) is 9.69. The lowest BCUT2D eigenvalue weighted by Gasteiger charge is -2.05. The van der Waals surface area contributed by atoms with E-state index in [2.05, 4.69) is 10.1 Å². The van der Waals surface area contributed by atoms with Gasteiger partial charge in [-0.15, -0.1) is 0 Å². The topological polar surface area (TPSA) is 81.1 Å². The summed E-state index contributed by atoms with van der Waals surface area (Å²) in [6, 6.07) is 6.73. The molecule has 1 aromatic carbocycles. The molecular formula is C14H13N3O3. The first kappa shape index (κ1) is 12.4. The second kappa shape index (κ2) is 4.80. The molecule has 0 aliphatic heterocycles. The minimum Gasteiger partial charge on any atom is -0.478 e. The Kier molecular flexibility index (Phi) is 2.98. The first-order valence-electron chi connectivity index (χ1n) is 6.30. The third-order valence-electron chi connectivity index (χ3n) is 3.20. The van der Waals surface area contributed by atoms with Crippen LogP contribution in [0.1, 0.15) is 28.8 Å². The van der Waals surface area contributed by atoms with Gasteiger partial charge in [0.1, 0.15) is 17.8 Å². The van der Waals surface area contributed by atoms with Crippen LogP contribution in [-0.4, -0.2) is 25.8 Å². The summed E-state index contributed by atoms with van der Waals surface area (Å²) >= 11 is 0. The lowest BCUT2D eigenvalue weighted by molar-refractivity contribution is 0.0697. The summed E-state index contributed by atoms with van der Waals surface area (Å²) in [4.78, 5) is 15.6. The number of imidazole rings is 1. The van der Waals surface area contributed by atoms with Gasteiger partial charge in [0.2, 0.25) is 0 Å². The van der Waals surface area contributed by atoms with E-state index >= 15 is 0 Å². The monoisotopic (exact) mass is 271 g/mol. The molecule has 6 nitrogen and oxygen atoms in total. The third-order valence-corrected chi connectivity index (χ3v) is 3.20. The number of carboxylic acid groups (broad SMARTS) is 1. The van der Waals surface area contributed by atoms with Gasteiger partial charge in [0, 0.05) is 12.5 Å². The van der Waals surface area contributed by atoms with E-state index in [9.17, 15) is 4.79 Å². The molecule has 0 saturated carbocycles. The number of aromatic carboxylic acids is 1. The molecule has 20 heavy (non-hydrogen) atoms. The van der Waals surface area contributed by atoms with Crippen molar-refractivity contribution in [2.45, 2.75) is 19.9 Å². The number of hydrogen-bond acceptors (Lipinski definition) is 4. The van der Waals surface area contributed by atoms with Crippen LogP contribution >= 0.6 is 0 Å². The van der Waals surface area contributed by atoms with Crippen molar-refractivity contribution in [3.63, 3.8) is 0 Å². The molecule has 0 bridgehead atoms. The molecule has 0 fully saturated rings. The summed E-state index contributed by atoms with van der Waals surface area (Å²) < 4.78 is 6.80. The quantitative estimate of drug-likeness (QED) is 0.787. The number of nitrogens with zero attached hydrogens (tertiary/aromatic N) is 3. The summed E-state index contributed by atoms with van der Waals surface area (Å²) in [7, 11) is 0. The molecule has 0 aliphatic carbocycles. The fraction of sp³-hybridized carbons (Fsp3) is 0.214. The lowest BCUT2D eigenvalue weighted by atomic mass is 10.2. The summed E-state index contributed by atoms with van der Waals surface area (Å²) in [6.45, 7) is 2.53. The molecule has 0 amide bonds. The molecule has 0 unspecified atom stereocenters. The molecule has 2 heterocycles. The van der Waals surface area contributed by atoms with Crippen LogP contribution in [0.2, 0.25) is 0 Å². The predicted octanol–water partition coefficient (Wildman–Crippen LogP) is 2.33. The number of hydrogen-bond donors (Lipinski definition) is 1. The number of aryl methyl sites for hydroxylation is 1. The molecule has 0 atom stereocenters. The zero-order chi connectivity index (χ0) is 14.1. The minimum absolute atomic E-state index is 0.251. The molecule has 0 aliphatic rings. The minimum atomic E-state index is -0.945. The Morgan fingerprint density at radius 2 is 2.25 bits per heavy atom. The van der Waals surface area contributed by atoms with Crippen LogP contribution in [0.5, 0.6) is 0 Å². The van der Waals surface area contributed by atoms with Crippen LogP contribution in [0.3, 0.4) is 0 Å². The smallest absolute Gasteiger partial charge is 0.335 e. The molecular weight excluding hydrogens is 258 g/mol. The van der Waals surface area contributed by atoms with Crippen LogP contribution in [0.4, 0.5) is 0 Å². The van der Waals surface area contributed by atoms with Gasteiger partial charge in [0.05, 0.1) is 23.1 Å². The molecule has 0 spiro atoms. The maximum absolute atomic E-state index is 11.1. The van der Waals surface area contributed by atoms with Crippen molar-refractivity contribution < 1.29 is 14.4 Å². The highest BCUT2D eigenvalue weighted by atomic mass is 16.5. The van der Waals surface area contributed by atoms with Crippen LogP contribution in [-0.2, 0) is 13.0 Å². The van der Waals surface area contributed by atoms with E-state index in [0.717, 1.165) is 29.0 Å². The van der Waals surface area contributed by atoms with E-state index in [1.165, 1.54) is 6.26 Å². The fourth-order valence-corrected chi connectivity index (χ4v) is 2.23. The van der Waals surface area contributed by atoms with Gasteiger partial charge in [-0.3, -0.25) is 0 Å². The molecule has 3 aromatic rings. The maximum atomic E-state index is 11.1. The third kappa shape index (κ3) is 2.05. The number of fused-ring (bicyclic) bond motifs is 1. The maximum Gasteiger partial charge on any atom is 0.335 e. The number of carboxylic acids is 1. The zero-order valence-electron chi connectivity index (χ0n) is 10.9. The van der Waals surface area contributed by atoms with Crippen LogP contribution < -0.4 is 0 Å². The highest BCUT2D eigenvalue weighted by Crippen LogP contribution is 2.20. The number of rotatable bonds is 4. The second-order valence-electron chi connectivity index (χ2n) is 4.47. The van der Waals surface area contributed by atoms with Crippen molar-refractivity contribution in [2.75, 3.05) is 0 Å². The van der Waals surface area contributed by atoms with Crippen molar-refractivity contribution in [1.82, 2.24) is 14.7 Å². The zero-order valence-corrected chi connectivity index (χ0v) is 10.9. The molecule has 2 aromatic heterocycles. The van der Waals surface area contributed by atoms with Crippen molar-refractivity contribution >= 4 is 17.0 Å². The highest BCUT2D eigenvalue weighted by molar-refractivity contribution is 5.92. The predicted molar refractivity (Wildman–Crippen MR) is 71.7 cm³/mol. The number of carbonyl (C=O) groups is 1. The van der Waals surface area contributed by atoms with Crippen molar-refractivity contribution in [1.29, 1.82) is 0 Å². The lowest BCUT2D eigenvalue weighted by Crippen LogP contribution is -2.05. The van der Waals surface area contributed by atoms with E-state index < -0.39 is 5.97 Å². The van der Waals surface area contributed by atoms with Crippen molar-refractivity contribution in [3.8, 4) is 0 Å².